The fourth-order valence-electron chi connectivity index (χ4n) is 2.64. The van der Waals surface area contributed by atoms with Crippen molar-refractivity contribution in [3.63, 3.8) is 0 Å². The highest BCUT2D eigenvalue weighted by molar-refractivity contribution is 5.93. The highest BCUT2D eigenvalue weighted by Crippen LogP contribution is 2.35. The average molecular weight is 389 g/mol. The maximum Gasteiger partial charge on any atom is 0.407 e. The van der Waals surface area contributed by atoms with Crippen molar-refractivity contribution in [3.05, 3.63) is 53.3 Å². The van der Waals surface area contributed by atoms with Gasteiger partial charge < -0.3 is 19.9 Å². The molecule has 28 heavy (non-hydrogen) atoms. The molecule has 0 heterocycles. The molecule has 7 heteroatoms. The molecule has 2 N–H and O–H groups in total. The molecule has 0 spiro atoms. The summed E-state index contributed by atoms with van der Waals surface area (Å²) in [6.45, 7) is 7.34. The number of benzene rings is 2. The van der Waals surface area contributed by atoms with Crippen molar-refractivity contribution in [2.24, 2.45) is 0 Å². The molecule has 2 aromatic carbocycles. The summed E-state index contributed by atoms with van der Waals surface area (Å²) in [5.41, 5.74) is 1.26. The van der Waals surface area contributed by atoms with Crippen LogP contribution in [0.25, 0.3) is 11.1 Å². The van der Waals surface area contributed by atoms with E-state index in [1.165, 1.54) is 18.2 Å². The lowest BCUT2D eigenvalue weighted by Crippen LogP contribution is -2.34. The number of hydrogen-bond donors (Lipinski definition) is 2. The Hall–Kier alpha value is -3.09. The van der Waals surface area contributed by atoms with Crippen LogP contribution in [-0.4, -0.2) is 35.9 Å². The molecule has 150 valence electrons. The summed E-state index contributed by atoms with van der Waals surface area (Å²) in [4.78, 5) is 23.1. The van der Waals surface area contributed by atoms with E-state index in [1.54, 1.807) is 45.9 Å². The average Bonchev–Trinajstić information content (AvgIpc) is 2.58. The Bertz CT molecular complexity index is 856. The van der Waals surface area contributed by atoms with Crippen LogP contribution in [0.2, 0.25) is 0 Å². The van der Waals surface area contributed by atoms with E-state index in [9.17, 15) is 19.1 Å². The molecular formula is C21H24FNO5. The fourth-order valence-corrected chi connectivity index (χ4v) is 2.64. The molecular weight excluding hydrogens is 365 g/mol. The van der Waals surface area contributed by atoms with Crippen LogP contribution in [0.3, 0.4) is 0 Å². The lowest BCUT2D eigenvalue weighted by atomic mass is 9.95. The molecule has 0 bridgehead atoms. The van der Waals surface area contributed by atoms with Gasteiger partial charge in [0.25, 0.3) is 0 Å². The minimum Gasteiger partial charge on any atom is -0.491 e. The second-order valence-electron chi connectivity index (χ2n) is 7.20. The van der Waals surface area contributed by atoms with Crippen LogP contribution in [-0.2, 0) is 4.74 Å². The normalized spacial score (nSPS) is 11.0. The third-order valence-electron chi connectivity index (χ3n) is 3.82. The monoisotopic (exact) mass is 389 g/mol. The lowest BCUT2D eigenvalue weighted by Gasteiger charge is -2.20. The Kier molecular flexibility index (Phi) is 6.62. The van der Waals surface area contributed by atoms with Crippen LogP contribution in [0.5, 0.6) is 5.75 Å². The van der Waals surface area contributed by atoms with E-state index in [2.05, 4.69) is 5.32 Å². The van der Waals surface area contributed by atoms with E-state index < -0.39 is 17.7 Å². The van der Waals surface area contributed by atoms with Crippen molar-refractivity contribution in [3.8, 4) is 16.9 Å². The Morgan fingerprint density at radius 2 is 1.75 bits per heavy atom. The summed E-state index contributed by atoms with van der Waals surface area (Å²) in [5.74, 6) is -1.00. The minimum atomic E-state index is -1.06. The fraction of sp³-hybridized carbons (Fsp3) is 0.333. The molecule has 0 aliphatic heterocycles. The van der Waals surface area contributed by atoms with Gasteiger partial charge in [0.1, 0.15) is 23.8 Å². The van der Waals surface area contributed by atoms with Crippen LogP contribution in [0, 0.1) is 12.7 Å². The third-order valence-corrected chi connectivity index (χ3v) is 3.82. The standard InChI is InChI=1S/C21H24FNO5/c1-13-16(19(24)25)9-10-17(18(13)14-5-7-15(22)8-6-14)27-12-11-23-20(26)28-21(2,3)4/h5-10H,11-12H2,1-4H3,(H,23,26)(H,24,25). The largest absolute Gasteiger partial charge is 0.491 e. The number of carboxylic acids is 1. The van der Waals surface area contributed by atoms with Gasteiger partial charge in [-0.2, -0.15) is 0 Å². The zero-order valence-corrected chi connectivity index (χ0v) is 16.3. The number of nitrogens with one attached hydrogen (secondary N) is 1. The quantitative estimate of drug-likeness (QED) is 0.715. The number of carbonyl (C=O) groups excluding carboxylic acids is 1. The van der Waals surface area contributed by atoms with E-state index in [0.717, 1.165) is 0 Å². The van der Waals surface area contributed by atoms with Crippen LogP contribution >= 0.6 is 0 Å². The second kappa shape index (κ2) is 8.73. The first-order valence-corrected chi connectivity index (χ1v) is 8.81. The first-order chi connectivity index (χ1) is 13.1. The highest BCUT2D eigenvalue weighted by Gasteiger charge is 2.18. The number of halogens is 1. The number of amides is 1. The Morgan fingerprint density at radius 1 is 1.11 bits per heavy atom. The van der Waals surface area contributed by atoms with Gasteiger partial charge in [-0.15, -0.1) is 0 Å². The molecule has 0 unspecified atom stereocenters. The second-order valence-corrected chi connectivity index (χ2v) is 7.20. The predicted molar refractivity (Wildman–Crippen MR) is 103 cm³/mol. The van der Waals surface area contributed by atoms with Gasteiger partial charge in [-0.25, -0.2) is 14.0 Å². The van der Waals surface area contributed by atoms with Gasteiger partial charge in [-0.05, 0) is 63.1 Å². The number of rotatable bonds is 6. The SMILES string of the molecule is Cc1c(C(=O)O)ccc(OCCNC(=O)OC(C)(C)C)c1-c1ccc(F)cc1. The molecule has 6 nitrogen and oxygen atoms in total. The Labute approximate surface area is 163 Å². The third kappa shape index (κ3) is 5.70. The molecule has 0 radical (unpaired) electrons. The number of aromatic carboxylic acids is 1. The van der Waals surface area contributed by atoms with Gasteiger partial charge >= 0.3 is 12.1 Å². The first-order valence-electron chi connectivity index (χ1n) is 8.81. The number of alkyl carbamates (subject to hydrolysis) is 1. The molecule has 0 atom stereocenters. The predicted octanol–water partition coefficient (Wildman–Crippen LogP) is 4.40. The summed E-state index contributed by atoms with van der Waals surface area (Å²) in [7, 11) is 0. The number of carbonyl (C=O) groups is 2. The Morgan fingerprint density at radius 3 is 2.32 bits per heavy atom. The molecule has 0 fully saturated rings. The van der Waals surface area contributed by atoms with Gasteiger partial charge in [0.15, 0.2) is 0 Å². The van der Waals surface area contributed by atoms with Gasteiger partial charge in [0.2, 0.25) is 0 Å². The maximum atomic E-state index is 13.3. The number of hydrogen-bond acceptors (Lipinski definition) is 4. The Balaban J connectivity index is 2.17. The van der Waals surface area contributed by atoms with Crippen LogP contribution in [0.15, 0.2) is 36.4 Å². The van der Waals surface area contributed by atoms with Crippen molar-refractivity contribution in [2.45, 2.75) is 33.3 Å². The van der Waals surface area contributed by atoms with Crippen molar-refractivity contribution < 1.29 is 28.6 Å². The van der Waals surface area contributed by atoms with Crippen molar-refractivity contribution in [1.82, 2.24) is 5.32 Å². The summed E-state index contributed by atoms with van der Waals surface area (Å²) < 4.78 is 24.2. The van der Waals surface area contributed by atoms with Gasteiger partial charge in [-0.3, -0.25) is 0 Å². The highest BCUT2D eigenvalue weighted by atomic mass is 19.1. The molecule has 0 saturated carbocycles. The first kappa shape index (κ1) is 21.2. The van der Waals surface area contributed by atoms with Gasteiger partial charge in [-0.1, -0.05) is 12.1 Å². The number of ether oxygens (including phenoxy) is 2. The zero-order chi connectivity index (χ0) is 20.9. The number of carboxylic acid groups (broad SMARTS) is 1. The molecule has 0 aromatic heterocycles. The van der Waals surface area contributed by atoms with Gasteiger partial charge in [0.05, 0.1) is 12.1 Å². The summed E-state index contributed by atoms with van der Waals surface area (Å²) in [6.07, 6.45) is -0.549. The molecule has 0 saturated heterocycles. The van der Waals surface area contributed by atoms with Crippen LogP contribution in [0.1, 0.15) is 36.7 Å². The van der Waals surface area contributed by atoms with Gasteiger partial charge in [0, 0.05) is 5.56 Å². The van der Waals surface area contributed by atoms with Crippen molar-refractivity contribution in [1.29, 1.82) is 0 Å². The van der Waals surface area contributed by atoms with E-state index in [4.69, 9.17) is 9.47 Å². The topological polar surface area (TPSA) is 84.9 Å². The van der Waals surface area contributed by atoms with E-state index >= 15 is 0 Å². The summed E-state index contributed by atoms with van der Waals surface area (Å²) in [5, 5.41) is 12.0. The molecule has 0 aliphatic carbocycles. The van der Waals surface area contributed by atoms with Crippen LogP contribution < -0.4 is 10.1 Å². The van der Waals surface area contributed by atoms with Crippen molar-refractivity contribution in [2.75, 3.05) is 13.2 Å². The molecule has 1 amide bonds. The molecule has 2 aromatic rings. The summed E-state index contributed by atoms with van der Waals surface area (Å²) >= 11 is 0. The van der Waals surface area contributed by atoms with Crippen LogP contribution in [0.4, 0.5) is 9.18 Å². The lowest BCUT2D eigenvalue weighted by molar-refractivity contribution is 0.0519. The van der Waals surface area contributed by atoms with E-state index in [0.29, 0.717) is 22.4 Å². The zero-order valence-electron chi connectivity index (χ0n) is 16.3. The van der Waals surface area contributed by atoms with E-state index in [-0.39, 0.29) is 24.5 Å². The van der Waals surface area contributed by atoms with E-state index in [1.807, 2.05) is 0 Å². The minimum absolute atomic E-state index is 0.138. The molecule has 0 aliphatic rings. The smallest absolute Gasteiger partial charge is 0.407 e. The molecule has 2 rings (SSSR count). The van der Waals surface area contributed by atoms with Crippen molar-refractivity contribution >= 4 is 12.1 Å². The maximum absolute atomic E-state index is 13.3. The summed E-state index contributed by atoms with van der Waals surface area (Å²) in [6, 6.07) is 8.75.